The van der Waals surface area contributed by atoms with Crippen molar-refractivity contribution >= 4 is 21.9 Å². The summed E-state index contributed by atoms with van der Waals surface area (Å²) in [6.07, 6.45) is 1.49. The predicted octanol–water partition coefficient (Wildman–Crippen LogP) is 3.20. The molecule has 2 rings (SSSR count). The number of aliphatic carboxylic acids is 1. The zero-order valence-electron chi connectivity index (χ0n) is 9.18. The van der Waals surface area contributed by atoms with Crippen LogP contribution in [-0.4, -0.2) is 16.1 Å². The van der Waals surface area contributed by atoms with Crippen LogP contribution in [0.3, 0.4) is 0 Å². The first kappa shape index (κ1) is 12.7. The van der Waals surface area contributed by atoms with Gasteiger partial charge >= 0.3 is 5.97 Å². The number of hydrogen-bond donors (Lipinski definition) is 1. The number of carboxylic acid groups (broad SMARTS) is 1. The van der Waals surface area contributed by atoms with Crippen LogP contribution in [0.5, 0.6) is 0 Å². The lowest BCUT2D eigenvalue weighted by Gasteiger charge is -2.13. The van der Waals surface area contributed by atoms with Crippen LogP contribution in [0.4, 0.5) is 4.39 Å². The molecule has 1 N–H and O–H groups in total. The summed E-state index contributed by atoms with van der Waals surface area (Å²) in [6.45, 7) is 0. The van der Waals surface area contributed by atoms with Crippen LogP contribution in [-0.2, 0) is 4.79 Å². The van der Waals surface area contributed by atoms with E-state index in [1.54, 1.807) is 18.2 Å². The average molecular weight is 310 g/mol. The monoisotopic (exact) mass is 309 g/mol. The lowest BCUT2D eigenvalue weighted by Crippen LogP contribution is -2.16. The molecule has 0 saturated heterocycles. The molecule has 0 saturated carbocycles. The Hall–Kier alpha value is -1.75. The molecule has 0 spiro atoms. The second kappa shape index (κ2) is 5.27. The van der Waals surface area contributed by atoms with Crippen molar-refractivity contribution < 1.29 is 14.3 Å². The maximum Gasteiger partial charge on any atom is 0.317 e. The summed E-state index contributed by atoms with van der Waals surface area (Å²) < 4.78 is 14.4. The smallest absolute Gasteiger partial charge is 0.317 e. The summed E-state index contributed by atoms with van der Waals surface area (Å²) in [5.41, 5.74) is 0.401. The third-order valence-corrected chi connectivity index (χ3v) is 2.99. The molecule has 1 atom stereocenters. The highest BCUT2D eigenvalue weighted by molar-refractivity contribution is 9.10. The predicted molar refractivity (Wildman–Crippen MR) is 67.8 cm³/mol. The lowest BCUT2D eigenvalue weighted by molar-refractivity contribution is -0.137. The quantitative estimate of drug-likeness (QED) is 0.947. The minimum Gasteiger partial charge on any atom is -0.480 e. The summed E-state index contributed by atoms with van der Waals surface area (Å²) in [4.78, 5) is 15.3. The van der Waals surface area contributed by atoms with Gasteiger partial charge in [0.25, 0.3) is 0 Å². The van der Waals surface area contributed by atoms with Gasteiger partial charge in [-0.05, 0) is 30.3 Å². The number of aromatic nitrogens is 1. The zero-order valence-corrected chi connectivity index (χ0v) is 10.8. The summed E-state index contributed by atoms with van der Waals surface area (Å²) >= 11 is 3.21. The number of hydrogen-bond acceptors (Lipinski definition) is 2. The van der Waals surface area contributed by atoms with Crippen molar-refractivity contribution in [3.8, 4) is 0 Å². The van der Waals surface area contributed by atoms with E-state index < -0.39 is 17.7 Å². The van der Waals surface area contributed by atoms with Crippen LogP contribution in [0, 0.1) is 5.82 Å². The first-order chi connectivity index (χ1) is 8.59. The van der Waals surface area contributed by atoms with E-state index in [1.807, 2.05) is 0 Å². The SMILES string of the molecule is O=C(O)C(c1ccccn1)c1cc(Br)ccc1F. The van der Waals surface area contributed by atoms with Gasteiger partial charge in [-0.3, -0.25) is 9.78 Å². The van der Waals surface area contributed by atoms with Gasteiger partial charge in [0.05, 0.1) is 5.69 Å². The van der Waals surface area contributed by atoms with Gasteiger partial charge in [0.15, 0.2) is 0 Å². The molecule has 0 aliphatic heterocycles. The molecule has 2 aromatic rings. The van der Waals surface area contributed by atoms with Crippen LogP contribution < -0.4 is 0 Å². The Balaban J connectivity index is 2.55. The highest BCUT2D eigenvalue weighted by atomic mass is 79.9. The topological polar surface area (TPSA) is 50.2 Å². The molecule has 92 valence electrons. The number of rotatable bonds is 3. The van der Waals surface area contributed by atoms with E-state index >= 15 is 0 Å². The van der Waals surface area contributed by atoms with Gasteiger partial charge in [-0.2, -0.15) is 0 Å². The zero-order chi connectivity index (χ0) is 13.1. The molecule has 1 heterocycles. The molecule has 0 amide bonds. The molecule has 1 unspecified atom stereocenters. The molecule has 5 heteroatoms. The molecular weight excluding hydrogens is 301 g/mol. The third-order valence-electron chi connectivity index (χ3n) is 2.50. The van der Waals surface area contributed by atoms with Gasteiger partial charge in [0.1, 0.15) is 11.7 Å². The Labute approximate surface area is 111 Å². The minimum absolute atomic E-state index is 0.0931. The van der Waals surface area contributed by atoms with Crippen LogP contribution in [0.2, 0.25) is 0 Å². The Bertz CT molecular complexity index is 574. The van der Waals surface area contributed by atoms with E-state index in [0.717, 1.165) is 0 Å². The fourth-order valence-corrected chi connectivity index (χ4v) is 2.08. The summed E-state index contributed by atoms with van der Waals surface area (Å²) in [5, 5.41) is 9.27. The number of benzene rings is 1. The first-order valence-corrected chi connectivity index (χ1v) is 5.97. The molecule has 0 aliphatic rings. The molecule has 0 fully saturated rings. The maximum absolute atomic E-state index is 13.8. The highest BCUT2D eigenvalue weighted by Gasteiger charge is 2.26. The summed E-state index contributed by atoms with van der Waals surface area (Å²) in [6, 6.07) is 9.14. The van der Waals surface area contributed by atoms with Crippen LogP contribution >= 0.6 is 15.9 Å². The molecule has 0 bridgehead atoms. The van der Waals surface area contributed by atoms with E-state index in [0.29, 0.717) is 10.2 Å². The molecule has 18 heavy (non-hydrogen) atoms. The van der Waals surface area contributed by atoms with Gasteiger partial charge in [0.2, 0.25) is 0 Å². The number of carboxylic acids is 1. The fraction of sp³-hybridized carbons (Fsp3) is 0.0769. The Kier molecular flexibility index (Phi) is 3.72. The summed E-state index contributed by atoms with van der Waals surface area (Å²) in [7, 11) is 0. The van der Waals surface area contributed by atoms with Crippen molar-refractivity contribution in [2.24, 2.45) is 0 Å². The van der Waals surface area contributed by atoms with Crippen molar-refractivity contribution in [2.75, 3.05) is 0 Å². The van der Waals surface area contributed by atoms with Gasteiger partial charge in [0, 0.05) is 16.2 Å². The van der Waals surface area contributed by atoms with Crippen molar-refractivity contribution in [2.45, 2.75) is 5.92 Å². The number of carbonyl (C=O) groups is 1. The fourth-order valence-electron chi connectivity index (χ4n) is 1.70. The first-order valence-electron chi connectivity index (χ1n) is 5.18. The van der Waals surface area contributed by atoms with Crippen molar-refractivity contribution in [3.63, 3.8) is 0 Å². The molecular formula is C13H9BrFNO2. The van der Waals surface area contributed by atoms with Gasteiger partial charge in [-0.15, -0.1) is 0 Å². The molecule has 0 radical (unpaired) electrons. The molecule has 3 nitrogen and oxygen atoms in total. The van der Waals surface area contributed by atoms with E-state index in [1.165, 1.54) is 24.4 Å². The van der Waals surface area contributed by atoms with Crippen LogP contribution in [0.1, 0.15) is 17.2 Å². The van der Waals surface area contributed by atoms with Gasteiger partial charge in [-0.25, -0.2) is 4.39 Å². The third kappa shape index (κ3) is 2.56. The van der Waals surface area contributed by atoms with Crippen molar-refractivity contribution in [1.29, 1.82) is 0 Å². The molecule has 0 aliphatic carbocycles. The van der Waals surface area contributed by atoms with E-state index in [9.17, 15) is 14.3 Å². The summed E-state index contributed by atoms with van der Waals surface area (Å²) in [5.74, 6) is -2.80. The van der Waals surface area contributed by atoms with Crippen LogP contribution in [0.15, 0.2) is 47.1 Å². The van der Waals surface area contributed by atoms with Crippen molar-refractivity contribution in [3.05, 3.63) is 64.1 Å². The minimum atomic E-state index is -1.13. The van der Waals surface area contributed by atoms with Crippen molar-refractivity contribution in [1.82, 2.24) is 4.98 Å². The van der Waals surface area contributed by atoms with Gasteiger partial charge < -0.3 is 5.11 Å². The van der Waals surface area contributed by atoms with Gasteiger partial charge in [-0.1, -0.05) is 22.0 Å². The van der Waals surface area contributed by atoms with Crippen LogP contribution in [0.25, 0.3) is 0 Å². The Morgan fingerprint density at radius 3 is 2.72 bits per heavy atom. The lowest BCUT2D eigenvalue weighted by atomic mass is 9.95. The molecule has 1 aromatic heterocycles. The number of pyridine rings is 1. The second-order valence-electron chi connectivity index (χ2n) is 3.69. The van der Waals surface area contributed by atoms with E-state index in [-0.39, 0.29) is 5.56 Å². The number of nitrogens with zero attached hydrogens (tertiary/aromatic N) is 1. The maximum atomic E-state index is 13.8. The number of halogens is 2. The normalized spacial score (nSPS) is 12.1. The molecule has 1 aromatic carbocycles. The largest absolute Gasteiger partial charge is 0.480 e. The Morgan fingerprint density at radius 1 is 1.33 bits per heavy atom. The second-order valence-corrected chi connectivity index (χ2v) is 4.61. The highest BCUT2D eigenvalue weighted by Crippen LogP contribution is 2.28. The standard InChI is InChI=1S/C13H9BrFNO2/c14-8-4-5-10(15)9(7-8)12(13(17)18)11-3-1-2-6-16-11/h1-7,12H,(H,17,18). The van der Waals surface area contributed by atoms with E-state index in [2.05, 4.69) is 20.9 Å². The average Bonchev–Trinajstić information content (AvgIpc) is 2.35. The Morgan fingerprint density at radius 2 is 2.11 bits per heavy atom. The van der Waals surface area contributed by atoms with E-state index in [4.69, 9.17) is 0 Å².